The number of rotatable bonds is 1. The lowest BCUT2D eigenvalue weighted by atomic mass is 10.3. The fourth-order valence-corrected chi connectivity index (χ4v) is 3.48. The van der Waals surface area contributed by atoms with Crippen molar-refractivity contribution in [3.63, 3.8) is 0 Å². The molecule has 1 fully saturated rings. The van der Waals surface area contributed by atoms with Gasteiger partial charge in [0, 0.05) is 17.0 Å². The third-order valence-electron chi connectivity index (χ3n) is 2.31. The molecule has 1 heterocycles. The van der Waals surface area contributed by atoms with Crippen molar-refractivity contribution in [1.29, 1.82) is 0 Å². The molecule has 0 amide bonds. The molecule has 0 spiro atoms. The Morgan fingerprint density at radius 1 is 0.938 bits per heavy atom. The molecule has 0 aromatic heterocycles. The predicted octanol–water partition coefficient (Wildman–Crippen LogP) is 2.25. The first-order chi connectivity index (χ1) is 7.61. The van der Waals surface area contributed by atoms with Crippen LogP contribution in [0.2, 0.25) is 0 Å². The molecule has 0 bridgehead atoms. The summed E-state index contributed by atoms with van der Waals surface area (Å²) in [5, 5.41) is 0. The lowest BCUT2D eigenvalue weighted by Gasteiger charge is -2.15. The van der Waals surface area contributed by atoms with Gasteiger partial charge in [0.05, 0.1) is 13.2 Å². The molecular weight excluding hydrogens is 244 g/mol. The molecule has 1 nitrogen and oxygen atoms in total. The average Bonchev–Trinajstić information content (AvgIpc) is 2.28. The standard InChI is InChI=1S/C10H9F4OS/c11-6-5-7(12)9(14)10(8(6)13)16-3-1-15-2-4-16/h5H,1-4H2/q+1. The van der Waals surface area contributed by atoms with Crippen LogP contribution in [0.4, 0.5) is 17.6 Å². The predicted molar refractivity (Wildman–Crippen MR) is 52.5 cm³/mol. The van der Waals surface area contributed by atoms with Crippen molar-refractivity contribution >= 4 is 10.9 Å². The first-order valence-corrected chi connectivity index (χ1v) is 6.26. The molecule has 0 saturated carbocycles. The molecule has 1 aromatic rings. The molecule has 1 aromatic carbocycles. The molecule has 0 atom stereocenters. The number of halogens is 4. The molecule has 0 unspecified atom stereocenters. The summed E-state index contributed by atoms with van der Waals surface area (Å²) in [7, 11) is -0.807. The van der Waals surface area contributed by atoms with Gasteiger partial charge >= 0.3 is 0 Å². The van der Waals surface area contributed by atoms with E-state index in [0.29, 0.717) is 24.7 Å². The molecular formula is C10H9F4OS+. The second-order valence-corrected chi connectivity index (χ2v) is 5.52. The zero-order valence-corrected chi connectivity index (χ0v) is 9.05. The number of hydrogen-bond donors (Lipinski definition) is 0. The number of ether oxygens (including phenoxy) is 1. The van der Waals surface area contributed by atoms with Gasteiger partial charge in [-0.05, 0) is 0 Å². The minimum Gasteiger partial charge on any atom is -0.372 e. The molecule has 88 valence electrons. The molecule has 2 rings (SSSR count). The maximum absolute atomic E-state index is 13.4. The minimum atomic E-state index is -1.34. The van der Waals surface area contributed by atoms with Gasteiger partial charge in [-0.15, -0.1) is 0 Å². The molecule has 16 heavy (non-hydrogen) atoms. The van der Waals surface area contributed by atoms with Gasteiger partial charge in [-0.2, -0.15) is 8.78 Å². The van der Waals surface area contributed by atoms with Gasteiger partial charge in [0.25, 0.3) is 0 Å². The third kappa shape index (κ3) is 2.04. The van der Waals surface area contributed by atoms with Gasteiger partial charge < -0.3 is 4.74 Å². The van der Waals surface area contributed by atoms with E-state index in [1.54, 1.807) is 0 Å². The summed E-state index contributed by atoms with van der Waals surface area (Å²) in [6.07, 6.45) is 0. The van der Waals surface area contributed by atoms with E-state index < -0.39 is 39.1 Å². The molecule has 0 aliphatic carbocycles. The summed E-state index contributed by atoms with van der Waals surface area (Å²) in [4.78, 5) is -0.458. The summed E-state index contributed by atoms with van der Waals surface area (Å²) in [6.45, 7) is 0.722. The van der Waals surface area contributed by atoms with Crippen LogP contribution >= 0.6 is 0 Å². The van der Waals surface area contributed by atoms with E-state index in [1.807, 2.05) is 0 Å². The molecule has 0 radical (unpaired) electrons. The number of hydrogen-bond acceptors (Lipinski definition) is 1. The first kappa shape index (κ1) is 11.7. The normalized spacial score (nSPS) is 17.8. The van der Waals surface area contributed by atoms with Crippen molar-refractivity contribution in [2.45, 2.75) is 4.90 Å². The summed E-state index contributed by atoms with van der Waals surface area (Å²) < 4.78 is 57.8. The maximum atomic E-state index is 13.4. The van der Waals surface area contributed by atoms with Gasteiger partial charge in [-0.3, -0.25) is 0 Å². The van der Waals surface area contributed by atoms with Crippen LogP contribution in [0.15, 0.2) is 11.0 Å². The van der Waals surface area contributed by atoms with Crippen molar-refractivity contribution in [1.82, 2.24) is 0 Å². The highest BCUT2D eigenvalue weighted by Gasteiger charge is 2.35. The van der Waals surface area contributed by atoms with Gasteiger partial charge in [-0.25, -0.2) is 8.78 Å². The van der Waals surface area contributed by atoms with E-state index >= 15 is 0 Å². The lowest BCUT2D eigenvalue weighted by Crippen LogP contribution is -2.28. The summed E-state index contributed by atoms with van der Waals surface area (Å²) in [5.74, 6) is -4.43. The fraction of sp³-hybridized carbons (Fsp3) is 0.400. The van der Waals surface area contributed by atoms with Gasteiger partial charge in [0.1, 0.15) is 11.5 Å². The Bertz CT molecular complexity index is 378. The maximum Gasteiger partial charge on any atom is 0.232 e. The van der Waals surface area contributed by atoms with Crippen molar-refractivity contribution < 1.29 is 22.3 Å². The van der Waals surface area contributed by atoms with E-state index in [-0.39, 0.29) is 6.07 Å². The topological polar surface area (TPSA) is 9.23 Å². The van der Waals surface area contributed by atoms with Crippen LogP contribution in [0.5, 0.6) is 0 Å². The Labute approximate surface area is 92.8 Å². The van der Waals surface area contributed by atoms with Crippen LogP contribution < -0.4 is 0 Å². The van der Waals surface area contributed by atoms with E-state index in [4.69, 9.17) is 4.74 Å². The fourth-order valence-electron chi connectivity index (χ4n) is 1.53. The molecule has 1 saturated heterocycles. The van der Waals surface area contributed by atoms with Crippen LogP contribution in [0.1, 0.15) is 0 Å². The smallest absolute Gasteiger partial charge is 0.232 e. The van der Waals surface area contributed by atoms with Crippen molar-refractivity contribution in [3.8, 4) is 0 Å². The zero-order chi connectivity index (χ0) is 11.7. The Hall–Kier alpha value is -0.750. The van der Waals surface area contributed by atoms with Crippen LogP contribution in [-0.4, -0.2) is 24.7 Å². The number of benzene rings is 1. The van der Waals surface area contributed by atoms with Crippen LogP contribution in [0, 0.1) is 23.3 Å². The van der Waals surface area contributed by atoms with Gasteiger partial charge in [-0.1, -0.05) is 0 Å². The summed E-state index contributed by atoms with van der Waals surface area (Å²) in [6, 6.07) is 0.234. The highest BCUT2D eigenvalue weighted by Crippen LogP contribution is 2.27. The average molecular weight is 253 g/mol. The first-order valence-electron chi connectivity index (χ1n) is 4.69. The second kappa shape index (κ2) is 4.63. The Balaban J connectivity index is 2.45. The molecule has 1 aliphatic rings. The van der Waals surface area contributed by atoms with Crippen LogP contribution in [0.25, 0.3) is 0 Å². The van der Waals surface area contributed by atoms with Crippen LogP contribution in [0.3, 0.4) is 0 Å². The van der Waals surface area contributed by atoms with Gasteiger partial charge in [0.2, 0.25) is 16.5 Å². The Morgan fingerprint density at radius 2 is 1.44 bits per heavy atom. The largest absolute Gasteiger partial charge is 0.372 e. The van der Waals surface area contributed by atoms with Crippen molar-refractivity contribution in [3.05, 3.63) is 29.3 Å². The zero-order valence-electron chi connectivity index (χ0n) is 8.23. The summed E-state index contributed by atoms with van der Waals surface area (Å²) in [5.41, 5.74) is 0. The van der Waals surface area contributed by atoms with Gasteiger partial charge in [0.15, 0.2) is 11.6 Å². The van der Waals surface area contributed by atoms with E-state index in [0.717, 1.165) is 0 Å². The van der Waals surface area contributed by atoms with Crippen molar-refractivity contribution in [2.24, 2.45) is 0 Å². The van der Waals surface area contributed by atoms with Crippen molar-refractivity contribution in [2.75, 3.05) is 24.7 Å². The molecule has 6 heteroatoms. The quantitative estimate of drug-likeness (QED) is 0.424. The second-order valence-electron chi connectivity index (χ2n) is 3.31. The lowest BCUT2D eigenvalue weighted by molar-refractivity contribution is 0.159. The SMILES string of the molecule is Fc1cc(F)c(F)c([S+]2CCOCC2)c1F. The third-order valence-corrected chi connectivity index (χ3v) is 4.56. The Morgan fingerprint density at radius 3 is 1.94 bits per heavy atom. The minimum absolute atomic E-state index is 0.234. The highest BCUT2D eigenvalue weighted by molar-refractivity contribution is 7.97. The van der Waals surface area contributed by atoms with E-state index in [9.17, 15) is 17.6 Å². The highest BCUT2D eigenvalue weighted by atomic mass is 32.2. The Kier molecular flexibility index (Phi) is 3.39. The van der Waals surface area contributed by atoms with E-state index in [1.165, 1.54) is 0 Å². The monoisotopic (exact) mass is 253 g/mol. The molecule has 1 aliphatic heterocycles. The van der Waals surface area contributed by atoms with E-state index in [2.05, 4.69) is 0 Å². The molecule has 0 N–H and O–H groups in total. The summed E-state index contributed by atoms with van der Waals surface area (Å²) >= 11 is 0. The van der Waals surface area contributed by atoms with Crippen LogP contribution in [-0.2, 0) is 15.6 Å².